The maximum Gasteiger partial charge on any atom is 0.104 e. The van der Waals surface area contributed by atoms with Crippen molar-refractivity contribution >= 4 is 0 Å². The van der Waals surface area contributed by atoms with E-state index in [9.17, 15) is 0 Å². The molecule has 0 heterocycles. The molecular weight excluding hydrogens is 78.0 g/mol. The van der Waals surface area contributed by atoms with E-state index in [1.54, 1.807) is 7.05 Å². The Labute approximate surface area is 38.2 Å². The Kier molecular flexibility index (Phi) is 3.08. The summed E-state index contributed by atoms with van der Waals surface area (Å²) in [5, 5.41) is 11.2. The van der Waals surface area contributed by atoms with Gasteiger partial charge in [0.25, 0.3) is 0 Å². The first-order chi connectivity index (χ1) is 2.81. The summed E-state index contributed by atoms with van der Waals surface area (Å²) in [5.41, 5.74) is 0. The van der Waals surface area contributed by atoms with Gasteiger partial charge in [0.2, 0.25) is 0 Å². The van der Waals surface area contributed by atoms with Crippen molar-refractivity contribution in [3.8, 4) is 0 Å². The third kappa shape index (κ3) is 2.18. The molecule has 1 unspecified atom stereocenters. The monoisotopic (exact) mass is 89.1 g/mol. The summed E-state index contributed by atoms with van der Waals surface area (Å²) in [4.78, 5) is 0. The second-order valence-electron chi connectivity index (χ2n) is 1.21. The first-order valence-corrected chi connectivity index (χ1v) is 2.16. The molecule has 0 amide bonds. The first-order valence-electron chi connectivity index (χ1n) is 2.16. The van der Waals surface area contributed by atoms with Gasteiger partial charge in [0.05, 0.1) is 0 Å². The highest BCUT2D eigenvalue weighted by molar-refractivity contribution is 4.38. The van der Waals surface area contributed by atoms with E-state index in [4.69, 9.17) is 5.11 Å². The minimum absolute atomic E-state index is 0.315. The van der Waals surface area contributed by atoms with Crippen LogP contribution in [0.15, 0.2) is 0 Å². The highest BCUT2D eigenvalue weighted by Crippen LogP contribution is 1.77. The molecule has 2 heteroatoms. The van der Waals surface area contributed by atoms with Gasteiger partial charge in [-0.1, -0.05) is 6.92 Å². The fourth-order valence-corrected chi connectivity index (χ4v) is 0.204. The lowest BCUT2D eigenvalue weighted by molar-refractivity contribution is 0.143. The van der Waals surface area contributed by atoms with E-state index >= 15 is 0 Å². The standard InChI is InChI=1S/C4H11NO/c1-3-4(6)5-2/h4-6H,3H2,1-2H3. The number of aliphatic hydroxyl groups is 1. The normalized spacial score (nSPS) is 14.5. The van der Waals surface area contributed by atoms with E-state index in [-0.39, 0.29) is 6.23 Å². The number of aliphatic hydroxyl groups excluding tert-OH is 1. The molecule has 0 aromatic carbocycles. The fraction of sp³-hybridized carbons (Fsp3) is 1.00. The molecule has 0 aliphatic rings. The molecule has 0 saturated heterocycles. The predicted molar refractivity (Wildman–Crippen MR) is 25.4 cm³/mol. The second kappa shape index (κ2) is 3.12. The fourth-order valence-electron chi connectivity index (χ4n) is 0.204. The molecule has 6 heavy (non-hydrogen) atoms. The van der Waals surface area contributed by atoms with Gasteiger partial charge in [-0.25, -0.2) is 0 Å². The predicted octanol–water partition coefficient (Wildman–Crippen LogP) is -0.0658. The third-order valence-electron chi connectivity index (χ3n) is 0.720. The van der Waals surface area contributed by atoms with Crippen LogP contribution in [0.1, 0.15) is 13.3 Å². The molecule has 0 rings (SSSR count). The van der Waals surface area contributed by atoms with Gasteiger partial charge < -0.3 is 5.11 Å². The largest absolute Gasteiger partial charge is 0.379 e. The zero-order chi connectivity index (χ0) is 4.99. The van der Waals surface area contributed by atoms with E-state index in [0.29, 0.717) is 0 Å². The quantitative estimate of drug-likeness (QED) is 0.464. The highest BCUT2D eigenvalue weighted by atomic mass is 16.3. The number of nitrogens with one attached hydrogen (secondary N) is 1. The lowest BCUT2D eigenvalue weighted by atomic mass is 10.4. The van der Waals surface area contributed by atoms with Gasteiger partial charge in [0, 0.05) is 0 Å². The molecule has 0 saturated carbocycles. The smallest absolute Gasteiger partial charge is 0.104 e. The van der Waals surface area contributed by atoms with E-state index in [1.807, 2.05) is 6.92 Å². The summed E-state index contributed by atoms with van der Waals surface area (Å²) >= 11 is 0. The molecule has 38 valence electrons. The molecule has 2 N–H and O–H groups in total. The molecular formula is C4H11NO. The zero-order valence-corrected chi connectivity index (χ0v) is 4.23. The van der Waals surface area contributed by atoms with Gasteiger partial charge in [-0.05, 0) is 13.5 Å². The molecule has 0 spiro atoms. The Morgan fingerprint density at radius 1 is 1.83 bits per heavy atom. The van der Waals surface area contributed by atoms with Crippen molar-refractivity contribution in [2.24, 2.45) is 0 Å². The highest BCUT2D eigenvalue weighted by Gasteiger charge is 1.88. The van der Waals surface area contributed by atoms with Crippen LogP contribution in [-0.4, -0.2) is 18.4 Å². The van der Waals surface area contributed by atoms with Crippen molar-refractivity contribution in [1.29, 1.82) is 0 Å². The Hall–Kier alpha value is -0.0800. The average Bonchev–Trinajstić information content (AvgIpc) is 1.65. The van der Waals surface area contributed by atoms with E-state index in [2.05, 4.69) is 5.32 Å². The Morgan fingerprint density at radius 2 is 2.33 bits per heavy atom. The van der Waals surface area contributed by atoms with E-state index in [1.165, 1.54) is 0 Å². The van der Waals surface area contributed by atoms with Crippen molar-refractivity contribution in [2.45, 2.75) is 19.6 Å². The minimum Gasteiger partial charge on any atom is -0.379 e. The number of rotatable bonds is 2. The van der Waals surface area contributed by atoms with Crippen LogP contribution in [0, 0.1) is 0 Å². The van der Waals surface area contributed by atoms with Gasteiger partial charge in [0.15, 0.2) is 0 Å². The molecule has 2 nitrogen and oxygen atoms in total. The van der Waals surface area contributed by atoms with Crippen molar-refractivity contribution in [1.82, 2.24) is 5.32 Å². The van der Waals surface area contributed by atoms with Crippen molar-refractivity contribution in [2.75, 3.05) is 7.05 Å². The van der Waals surface area contributed by atoms with Crippen molar-refractivity contribution < 1.29 is 5.11 Å². The van der Waals surface area contributed by atoms with Crippen LogP contribution in [0.25, 0.3) is 0 Å². The molecule has 1 atom stereocenters. The lowest BCUT2D eigenvalue weighted by Gasteiger charge is -2.01. The summed E-state index contributed by atoms with van der Waals surface area (Å²) < 4.78 is 0. The Bertz CT molecular complexity index is 26.7. The van der Waals surface area contributed by atoms with Gasteiger partial charge >= 0.3 is 0 Å². The Balaban J connectivity index is 2.75. The second-order valence-corrected chi connectivity index (χ2v) is 1.21. The van der Waals surface area contributed by atoms with Crippen LogP contribution >= 0.6 is 0 Å². The van der Waals surface area contributed by atoms with Gasteiger partial charge in [0.1, 0.15) is 6.23 Å². The van der Waals surface area contributed by atoms with Crippen molar-refractivity contribution in [3.05, 3.63) is 0 Å². The molecule has 0 fully saturated rings. The summed E-state index contributed by atoms with van der Waals surface area (Å²) in [6, 6.07) is 0. The number of hydrogen-bond acceptors (Lipinski definition) is 2. The Morgan fingerprint density at radius 3 is 2.33 bits per heavy atom. The van der Waals surface area contributed by atoms with Crippen LogP contribution in [0.2, 0.25) is 0 Å². The van der Waals surface area contributed by atoms with E-state index in [0.717, 1.165) is 6.42 Å². The molecule has 0 aliphatic carbocycles. The van der Waals surface area contributed by atoms with Gasteiger partial charge in [-0.3, -0.25) is 5.32 Å². The van der Waals surface area contributed by atoms with E-state index < -0.39 is 0 Å². The summed E-state index contributed by atoms with van der Waals surface area (Å²) in [6.45, 7) is 1.92. The van der Waals surface area contributed by atoms with Gasteiger partial charge in [-0.15, -0.1) is 0 Å². The summed E-state index contributed by atoms with van der Waals surface area (Å²) in [6.07, 6.45) is 0.459. The summed E-state index contributed by atoms with van der Waals surface area (Å²) in [5.74, 6) is 0. The van der Waals surface area contributed by atoms with Crippen LogP contribution in [0.4, 0.5) is 0 Å². The molecule has 0 aromatic rings. The average molecular weight is 89.1 g/mol. The lowest BCUT2D eigenvalue weighted by Crippen LogP contribution is -2.22. The van der Waals surface area contributed by atoms with Gasteiger partial charge in [-0.2, -0.15) is 0 Å². The maximum atomic E-state index is 8.56. The molecule has 0 radical (unpaired) electrons. The SMILES string of the molecule is CCC(O)NC. The third-order valence-corrected chi connectivity index (χ3v) is 0.720. The summed E-state index contributed by atoms with van der Waals surface area (Å²) in [7, 11) is 1.73. The first kappa shape index (κ1) is 5.92. The van der Waals surface area contributed by atoms with Crippen LogP contribution in [-0.2, 0) is 0 Å². The maximum absolute atomic E-state index is 8.56. The molecule has 0 aliphatic heterocycles. The minimum atomic E-state index is -0.315. The zero-order valence-electron chi connectivity index (χ0n) is 4.23. The van der Waals surface area contributed by atoms with Crippen molar-refractivity contribution in [3.63, 3.8) is 0 Å². The molecule has 0 bridgehead atoms. The van der Waals surface area contributed by atoms with Crippen LogP contribution in [0.5, 0.6) is 0 Å². The molecule has 0 aromatic heterocycles. The topological polar surface area (TPSA) is 32.3 Å². The van der Waals surface area contributed by atoms with Crippen LogP contribution < -0.4 is 5.32 Å². The number of hydrogen-bond donors (Lipinski definition) is 2. The van der Waals surface area contributed by atoms with Crippen LogP contribution in [0.3, 0.4) is 0 Å².